The molecule has 0 fully saturated rings. The molecule has 0 unspecified atom stereocenters. The minimum absolute atomic E-state index is 0.0572. The summed E-state index contributed by atoms with van der Waals surface area (Å²) in [5.41, 5.74) is 5.31. The molecular weight excluding hydrogens is 516 g/mol. The van der Waals surface area contributed by atoms with Crippen LogP contribution in [0.25, 0.3) is 4.96 Å². The predicted octanol–water partition coefficient (Wildman–Crippen LogP) is 4.32. The Labute approximate surface area is 181 Å². The highest BCUT2D eigenvalue weighted by Gasteiger charge is 2.31. The molecule has 10 heteroatoms. The summed E-state index contributed by atoms with van der Waals surface area (Å²) in [7, 11) is 0. The number of hydrogen-bond donors (Lipinski definition) is 1. The second-order valence-corrected chi connectivity index (χ2v) is 8.67. The standard InChI is InChI=1S/C19H16F3IN4OS/c1-11-15(10-25-7-3-6-24)27-16(28)9-13(26-18(27)29-11)8-12-4-2-5-14(17(12)20)19(21,22)23/h2-7,9H,8,10,24H2,1H3. The third-order valence-corrected chi connectivity index (χ3v) is 5.74. The van der Waals surface area contributed by atoms with Crippen molar-refractivity contribution in [3.63, 3.8) is 0 Å². The Bertz CT molecular complexity index is 1160. The second-order valence-electron chi connectivity index (χ2n) is 6.14. The van der Waals surface area contributed by atoms with Gasteiger partial charge in [0.2, 0.25) is 0 Å². The van der Waals surface area contributed by atoms with Gasteiger partial charge in [-0.3, -0.25) is 14.2 Å². The van der Waals surface area contributed by atoms with Gasteiger partial charge in [-0.2, -0.15) is 8.78 Å². The number of nitrogens with zero attached hydrogens (tertiary/aromatic N) is 3. The van der Waals surface area contributed by atoms with Gasteiger partial charge in [0.25, 0.3) is 5.56 Å². The van der Waals surface area contributed by atoms with Crippen LogP contribution >= 0.6 is 33.9 Å². The molecule has 0 saturated heterocycles. The molecule has 0 aliphatic rings. The first-order chi connectivity index (χ1) is 13.7. The Morgan fingerprint density at radius 2 is 2.17 bits per heavy atom. The van der Waals surface area contributed by atoms with Crippen molar-refractivity contribution in [3.8, 4) is 0 Å². The van der Waals surface area contributed by atoms with Crippen molar-refractivity contribution in [2.24, 2.45) is 10.7 Å². The van der Waals surface area contributed by atoms with Gasteiger partial charge in [-0.15, -0.1) is 11.3 Å². The molecule has 5 nitrogen and oxygen atoms in total. The van der Waals surface area contributed by atoms with Crippen molar-refractivity contribution in [2.75, 3.05) is 0 Å². The summed E-state index contributed by atoms with van der Waals surface area (Å²) >= 11 is 2.21. The summed E-state index contributed by atoms with van der Waals surface area (Å²) in [5.74, 6) is -0.987. The number of fused-ring (bicyclic) bond motifs is 1. The van der Waals surface area contributed by atoms with Gasteiger partial charge in [0.05, 0.1) is 23.5 Å². The molecule has 2 aromatic heterocycles. The number of halogens is 4. The molecule has 0 amide bonds. The summed E-state index contributed by atoms with van der Waals surface area (Å²) < 4.78 is 39.8. The normalized spacial score (nSPS) is 12.6. The monoisotopic (exact) mass is 532 g/mol. The van der Waals surface area contributed by atoms with Crippen molar-refractivity contribution >= 4 is 45.1 Å². The topological polar surface area (TPSA) is 72.8 Å². The smallest absolute Gasteiger partial charge is 0.324 e. The number of alkyl halides is 3. The number of benzene rings is 1. The third-order valence-electron chi connectivity index (χ3n) is 4.16. The van der Waals surface area contributed by atoms with Crippen LogP contribution in [0.3, 0.4) is 0 Å². The van der Waals surface area contributed by atoms with E-state index in [1.54, 1.807) is 6.08 Å². The minimum atomic E-state index is -3.33. The number of nitrogens with two attached hydrogens (primary N) is 1. The first kappa shape index (κ1) is 21.5. The van der Waals surface area contributed by atoms with Gasteiger partial charge >= 0.3 is 3.93 Å². The molecule has 0 radical (unpaired) electrons. The van der Waals surface area contributed by atoms with Crippen molar-refractivity contribution in [3.05, 3.63) is 80.1 Å². The molecule has 2 heterocycles. The minimum Gasteiger partial charge on any atom is -0.405 e. The van der Waals surface area contributed by atoms with E-state index in [-0.39, 0.29) is 24.1 Å². The maximum absolute atomic E-state index is 14.5. The number of aromatic nitrogens is 2. The molecule has 29 heavy (non-hydrogen) atoms. The zero-order valence-electron chi connectivity index (χ0n) is 15.2. The molecule has 3 rings (SSSR count). The van der Waals surface area contributed by atoms with Crippen LogP contribution < -0.4 is 11.3 Å². The van der Waals surface area contributed by atoms with Crippen LogP contribution in [-0.4, -0.2) is 15.6 Å². The molecule has 1 aromatic carbocycles. The van der Waals surface area contributed by atoms with Crippen molar-refractivity contribution in [1.82, 2.24) is 9.38 Å². The lowest BCUT2D eigenvalue weighted by Crippen LogP contribution is -2.17. The summed E-state index contributed by atoms with van der Waals surface area (Å²) in [5, 5.41) is 0. The number of allylic oxidation sites excluding steroid dienone is 1. The number of thiazole rings is 1. The van der Waals surface area contributed by atoms with Gasteiger partial charge in [-0.05, 0) is 30.8 Å². The Balaban J connectivity index is 1.98. The first-order valence-electron chi connectivity index (χ1n) is 8.44. The maximum Gasteiger partial charge on any atom is 0.324 e. The highest BCUT2D eigenvalue weighted by molar-refractivity contribution is 14.1. The Morgan fingerprint density at radius 1 is 1.41 bits per heavy atom. The van der Waals surface area contributed by atoms with Gasteiger partial charge in [-0.25, -0.2) is 9.37 Å². The number of rotatable bonds is 6. The summed E-state index contributed by atoms with van der Waals surface area (Å²) in [6, 6.07) is 5.12. The van der Waals surface area contributed by atoms with E-state index in [4.69, 9.17) is 5.73 Å². The molecule has 0 aliphatic heterocycles. The van der Waals surface area contributed by atoms with Crippen LogP contribution in [-0.2, 0) is 16.9 Å². The Morgan fingerprint density at radius 3 is 2.86 bits per heavy atom. The van der Waals surface area contributed by atoms with Crippen molar-refractivity contribution in [2.45, 2.75) is 23.8 Å². The van der Waals surface area contributed by atoms with Crippen LogP contribution in [0.2, 0.25) is 0 Å². The quantitative estimate of drug-likeness (QED) is 0.292. The Hall–Kier alpha value is -2.21. The van der Waals surface area contributed by atoms with E-state index >= 15 is 0 Å². The fraction of sp³-hybridized carbons (Fsp3) is 0.211. The largest absolute Gasteiger partial charge is 0.405 e. The van der Waals surface area contributed by atoms with Crippen LogP contribution in [0.4, 0.5) is 13.2 Å². The van der Waals surface area contributed by atoms with Crippen LogP contribution in [0.15, 0.2) is 46.3 Å². The van der Waals surface area contributed by atoms with Crippen molar-refractivity contribution < 1.29 is 13.2 Å². The molecule has 152 valence electrons. The molecular formula is C19H16F3IN4OS. The molecule has 0 bridgehead atoms. The van der Waals surface area contributed by atoms with Crippen LogP contribution in [0.5, 0.6) is 0 Å². The molecule has 0 aliphatic carbocycles. The van der Waals surface area contributed by atoms with Gasteiger partial charge in [0.15, 0.2) is 4.96 Å². The van der Waals surface area contributed by atoms with E-state index < -0.39 is 15.3 Å². The average Bonchev–Trinajstić information content (AvgIpc) is 2.95. The fourth-order valence-corrected chi connectivity index (χ4v) is 4.25. The number of aryl methyl sites for hydroxylation is 1. The fourth-order valence-electron chi connectivity index (χ4n) is 2.83. The highest BCUT2D eigenvalue weighted by atomic mass is 127. The lowest BCUT2D eigenvalue weighted by Gasteiger charge is -2.12. The third kappa shape index (κ3) is 4.69. The molecule has 3 aromatic rings. The van der Waals surface area contributed by atoms with Gasteiger partial charge in [0, 0.05) is 46.2 Å². The summed E-state index contributed by atoms with van der Waals surface area (Å²) in [4.78, 5) is 22.6. The lowest BCUT2D eigenvalue weighted by atomic mass is 10.1. The van der Waals surface area contributed by atoms with E-state index in [0.29, 0.717) is 16.3 Å². The van der Waals surface area contributed by atoms with E-state index in [1.165, 1.54) is 46.4 Å². The van der Waals surface area contributed by atoms with Gasteiger partial charge < -0.3 is 5.73 Å². The second kappa shape index (κ2) is 8.66. The molecule has 0 saturated carbocycles. The van der Waals surface area contributed by atoms with Crippen LogP contribution in [0.1, 0.15) is 27.4 Å². The van der Waals surface area contributed by atoms with E-state index in [9.17, 15) is 18.0 Å². The van der Waals surface area contributed by atoms with E-state index in [2.05, 4.69) is 9.98 Å². The highest BCUT2D eigenvalue weighted by Crippen LogP contribution is 2.37. The SMILES string of the molecule is Cc1sc2nc(Cc3cccc(C(F)(F)I)c3F)cc(=O)n2c1CN=CC=CN. The molecule has 2 N–H and O–H groups in total. The molecule has 0 spiro atoms. The van der Waals surface area contributed by atoms with Gasteiger partial charge in [0.1, 0.15) is 5.82 Å². The number of hydrogen-bond acceptors (Lipinski definition) is 5. The Kier molecular flexibility index (Phi) is 6.42. The lowest BCUT2D eigenvalue weighted by molar-refractivity contribution is 0.122. The summed E-state index contributed by atoms with van der Waals surface area (Å²) in [6.45, 7) is 2.13. The summed E-state index contributed by atoms with van der Waals surface area (Å²) in [6.07, 6.45) is 4.40. The molecule has 0 atom stereocenters. The maximum atomic E-state index is 14.5. The van der Waals surface area contributed by atoms with Gasteiger partial charge in [-0.1, -0.05) is 12.1 Å². The zero-order chi connectivity index (χ0) is 21.2. The van der Waals surface area contributed by atoms with Crippen molar-refractivity contribution in [1.29, 1.82) is 0 Å². The first-order valence-corrected chi connectivity index (χ1v) is 10.3. The van der Waals surface area contributed by atoms with Crippen LogP contribution in [0, 0.1) is 12.7 Å². The zero-order valence-corrected chi connectivity index (χ0v) is 18.2. The number of aliphatic imine (C=N–C) groups is 1. The van der Waals surface area contributed by atoms with E-state index in [1.807, 2.05) is 6.92 Å². The predicted molar refractivity (Wildman–Crippen MR) is 117 cm³/mol. The van der Waals surface area contributed by atoms with E-state index in [0.717, 1.165) is 33.5 Å². The average molecular weight is 532 g/mol.